The minimum absolute atomic E-state index is 0.0729. The quantitative estimate of drug-likeness (QED) is 0.856. The van der Waals surface area contributed by atoms with E-state index in [0.717, 1.165) is 17.8 Å². The number of ether oxygens (including phenoxy) is 1. The van der Waals surface area contributed by atoms with Crippen molar-refractivity contribution in [2.45, 2.75) is 46.5 Å². The van der Waals surface area contributed by atoms with Crippen molar-refractivity contribution in [3.63, 3.8) is 0 Å². The van der Waals surface area contributed by atoms with Crippen LogP contribution in [0.4, 0.5) is 0 Å². The van der Waals surface area contributed by atoms with Gasteiger partial charge in [-0.1, -0.05) is 19.9 Å². The summed E-state index contributed by atoms with van der Waals surface area (Å²) in [6, 6.07) is 5.56. The van der Waals surface area contributed by atoms with Crippen molar-refractivity contribution in [1.82, 2.24) is 10.3 Å². The van der Waals surface area contributed by atoms with Gasteiger partial charge < -0.3 is 10.1 Å². The van der Waals surface area contributed by atoms with Crippen molar-refractivity contribution >= 4 is 11.8 Å². The molecule has 1 aromatic rings. The second kappa shape index (κ2) is 6.47. The molecule has 0 fully saturated rings. The molecule has 3 rings (SSSR count). The molecule has 0 unspecified atom stereocenters. The number of hydrogen-bond donors (Lipinski definition) is 1. The number of esters is 1. The van der Waals surface area contributed by atoms with Gasteiger partial charge in [0.25, 0.3) is 0 Å². The van der Waals surface area contributed by atoms with Gasteiger partial charge >= 0.3 is 5.97 Å². The Hall–Kier alpha value is -2.43. The third kappa shape index (κ3) is 3.23. The first-order chi connectivity index (χ1) is 11.8. The molecule has 132 valence electrons. The highest BCUT2D eigenvalue weighted by atomic mass is 16.5. The molecule has 0 bridgehead atoms. The predicted octanol–water partition coefficient (Wildman–Crippen LogP) is 3.25. The SMILES string of the molecule is CCOC(=O)C1=C(C)NC2=C(C(=O)CC(C)(C)C2)[C@@H]1c1ccccn1. The highest BCUT2D eigenvalue weighted by Crippen LogP contribution is 2.46. The second-order valence-corrected chi connectivity index (χ2v) is 7.40. The second-order valence-electron chi connectivity index (χ2n) is 7.40. The number of rotatable bonds is 3. The molecule has 2 aliphatic rings. The molecule has 0 amide bonds. The molecule has 2 heterocycles. The monoisotopic (exact) mass is 340 g/mol. The molecule has 5 nitrogen and oxygen atoms in total. The summed E-state index contributed by atoms with van der Waals surface area (Å²) in [6.45, 7) is 8.10. The number of carbonyl (C=O) groups is 2. The first-order valence-electron chi connectivity index (χ1n) is 8.66. The van der Waals surface area contributed by atoms with Gasteiger partial charge in [-0.15, -0.1) is 0 Å². The highest BCUT2D eigenvalue weighted by Gasteiger charge is 2.43. The van der Waals surface area contributed by atoms with Crippen LogP contribution in [-0.4, -0.2) is 23.3 Å². The fraction of sp³-hybridized carbons (Fsp3) is 0.450. The van der Waals surface area contributed by atoms with Crippen LogP contribution < -0.4 is 5.32 Å². The van der Waals surface area contributed by atoms with Gasteiger partial charge in [0.2, 0.25) is 0 Å². The molecule has 1 aliphatic carbocycles. The number of nitrogens with one attached hydrogen (secondary N) is 1. The van der Waals surface area contributed by atoms with Crippen LogP contribution in [-0.2, 0) is 14.3 Å². The molecule has 0 aromatic carbocycles. The first-order valence-corrected chi connectivity index (χ1v) is 8.66. The Morgan fingerprint density at radius 2 is 2.12 bits per heavy atom. The lowest BCUT2D eigenvalue weighted by atomic mass is 9.69. The van der Waals surface area contributed by atoms with E-state index >= 15 is 0 Å². The maximum atomic E-state index is 13.0. The summed E-state index contributed by atoms with van der Waals surface area (Å²) in [4.78, 5) is 30.0. The molecule has 0 saturated heterocycles. The van der Waals surface area contributed by atoms with Crippen molar-refractivity contribution in [2.75, 3.05) is 6.61 Å². The van der Waals surface area contributed by atoms with E-state index in [4.69, 9.17) is 4.74 Å². The highest BCUT2D eigenvalue weighted by molar-refractivity contribution is 6.04. The zero-order valence-corrected chi connectivity index (χ0v) is 15.2. The topological polar surface area (TPSA) is 68.3 Å². The van der Waals surface area contributed by atoms with E-state index in [1.54, 1.807) is 13.1 Å². The van der Waals surface area contributed by atoms with E-state index in [2.05, 4.69) is 24.1 Å². The normalized spacial score (nSPS) is 22.4. The Kier molecular flexibility index (Phi) is 4.50. The standard InChI is InChI=1S/C20H24N2O3/c1-5-25-19(24)16-12(2)22-14-10-20(3,4)11-15(23)17(14)18(16)13-8-6-7-9-21-13/h6-9,18,22H,5,10-11H2,1-4H3/t18-/m1/s1. The smallest absolute Gasteiger partial charge is 0.336 e. The summed E-state index contributed by atoms with van der Waals surface area (Å²) in [6.07, 6.45) is 2.92. The Morgan fingerprint density at radius 3 is 2.76 bits per heavy atom. The largest absolute Gasteiger partial charge is 0.463 e. The Morgan fingerprint density at radius 1 is 1.36 bits per heavy atom. The number of hydrogen-bond acceptors (Lipinski definition) is 5. The average molecular weight is 340 g/mol. The van der Waals surface area contributed by atoms with Crippen LogP contribution in [0.25, 0.3) is 0 Å². The molecular formula is C20H24N2O3. The van der Waals surface area contributed by atoms with E-state index < -0.39 is 11.9 Å². The fourth-order valence-corrected chi connectivity index (χ4v) is 3.76. The molecule has 1 atom stereocenters. The number of carbonyl (C=O) groups excluding carboxylic acids is 2. The van der Waals surface area contributed by atoms with Crippen molar-refractivity contribution in [3.05, 3.63) is 52.6 Å². The Balaban J connectivity index is 2.16. The summed E-state index contributed by atoms with van der Waals surface area (Å²) in [5, 5.41) is 3.30. The lowest BCUT2D eigenvalue weighted by Gasteiger charge is -2.39. The maximum absolute atomic E-state index is 13.0. The van der Waals surface area contributed by atoms with Crippen LogP contribution >= 0.6 is 0 Å². The third-order valence-electron chi connectivity index (χ3n) is 4.72. The van der Waals surface area contributed by atoms with Crippen LogP contribution in [0.2, 0.25) is 0 Å². The zero-order valence-electron chi connectivity index (χ0n) is 15.2. The number of ketones is 1. The lowest BCUT2D eigenvalue weighted by Crippen LogP contribution is -2.38. The Bertz CT molecular complexity index is 775. The molecule has 0 radical (unpaired) electrons. The number of pyridine rings is 1. The molecule has 1 N–H and O–H groups in total. The van der Waals surface area contributed by atoms with Crippen molar-refractivity contribution in [3.8, 4) is 0 Å². The van der Waals surface area contributed by atoms with Crippen LogP contribution in [0, 0.1) is 5.41 Å². The van der Waals surface area contributed by atoms with Crippen LogP contribution in [0.3, 0.4) is 0 Å². The van der Waals surface area contributed by atoms with Gasteiger partial charge in [-0.05, 0) is 37.8 Å². The summed E-state index contributed by atoms with van der Waals surface area (Å²) >= 11 is 0. The summed E-state index contributed by atoms with van der Waals surface area (Å²) in [5.74, 6) is -0.795. The lowest BCUT2D eigenvalue weighted by molar-refractivity contribution is -0.138. The first kappa shape index (κ1) is 17.4. The predicted molar refractivity (Wildman–Crippen MR) is 94.5 cm³/mol. The number of aromatic nitrogens is 1. The van der Waals surface area contributed by atoms with Crippen LogP contribution in [0.1, 0.15) is 52.1 Å². The molecule has 25 heavy (non-hydrogen) atoms. The summed E-state index contributed by atoms with van der Waals surface area (Å²) < 4.78 is 5.26. The van der Waals surface area contributed by atoms with E-state index in [9.17, 15) is 9.59 Å². The molecule has 5 heteroatoms. The van der Waals surface area contributed by atoms with Gasteiger partial charge in [0, 0.05) is 29.6 Å². The van der Waals surface area contributed by atoms with E-state index in [1.165, 1.54) is 0 Å². The molecule has 1 aromatic heterocycles. The minimum atomic E-state index is -0.472. The van der Waals surface area contributed by atoms with Gasteiger partial charge in [-0.3, -0.25) is 9.78 Å². The summed E-state index contributed by atoms with van der Waals surface area (Å²) in [7, 11) is 0. The molecule has 0 saturated carbocycles. The fourth-order valence-electron chi connectivity index (χ4n) is 3.76. The van der Waals surface area contributed by atoms with Crippen molar-refractivity contribution < 1.29 is 14.3 Å². The molecule has 1 aliphatic heterocycles. The van der Waals surface area contributed by atoms with Crippen LogP contribution in [0.15, 0.2) is 46.9 Å². The number of nitrogens with zero attached hydrogens (tertiary/aromatic N) is 1. The van der Waals surface area contributed by atoms with Crippen LogP contribution in [0.5, 0.6) is 0 Å². The number of allylic oxidation sites excluding steroid dienone is 3. The van der Waals surface area contributed by atoms with Gasteiger partial charge in [-0.25, -0.2) is 4.79 Å². The number of dihydropyridines is 1. The third-order valence-corrected chi connectivity index (χ3v) is 4.72. The van der Waals surface area contributed by atoms with E-state index in [1.807, 2.05) is 25.1 Å². The zero-order chi connectivity index (χ0) is 18.2. The Labute approximate surface area is 148 Å². The van der Waals surface area contributed by atoms with Gasteiger partial charge in [0.1, 0.15) is 0 Å². The number of Topliss-reactive ketones (excluding diaryl/α,β-unsaturated/α-hetero) is 1. The minimum Gasteiger partial charge on any atom is -0.463 e. The van der Waals surface area contributed by atoms with E-state index in [-0.39, 0.29) is 17.8 Å². The van der Waals surface area contributed by atoms with Crippen molar-refractivity contribution in [2.24, 2.45) is 5.41 Å². The summed E-state index contributed by atoms with van der Waals surface area (Å²) in [5.41, 5.74) is 3.38. The molecular weight excluding hydrogens is 316 g/mol. The van der Waals surface area contributed by atoms with Gasteiger partial charge in [0.15, 0.2) is 5.78 Å². The van der Waals surface area contributed by atoms with E-state index in [0.29, 0.717) is 23.3 Å². The molecule has 0 spiro atoms. The maximum Gasteiger partial charge on any atom is 0.336 e. The average Bonchev–Trinajstić information content (AvgIpc) is 2.53. The van der Waals surface area contributed by atoms with Gasteiger partial charge in [0.05, 0.1) is 23.8 Å². The van der Waals surface area contributed by atoms with Gasteiger partial charge in [-0.2, -0.15) is 0 Å². The van der Waals surface area contributed by atoms with Crippen molar-refractivity contribution in [1.29, 1.82) is 0 Å².